The van der Waals surface area contributed by atoms with Crippen molar-refractivity contribution >= 4 is 18.1 Å². The number of hydrogen-bond acceptors (Lipinski definition) is 5. The van der Waals surface area contributed by atoms with Crippen LogP contribution in [0.2, 0.25) is 0 Å². The third-order valence-corrected chi connectivity index (χ3v) is 2.64. The monoisotopic (exact) mass is 302 g/mol. The minimum absolute atomic E-state index is 0.139. The van der Waals surface area contributed by atoms with E-state index in [1.54, 1.807) is 30.3 Å². The van der Waals surface area contributed by atoms with Gasteiger partial charge in [0.15, 0.2) is 17.3 Å². The molecule has 0 saturated carbocycles. The molecular formula is C15H10O7. The molecule has 7 heteroatoms. The Morgan fingerprint density at radius 3 is 1.91 bits per heavy atom. The standard InChI is InChI=1S/C15H10O7/c16-13(9-4-2-1-3-5-9)10-6-7-11(21-14(17)18)12(8-10)22-15(19)20/h1-8H,(H,17,18)(H,19,20). The Balaban J connectivity index is 2.39. The zero-order valence-corrected chi connectivity index (χ0v) is 11.1. The van der Waals surface area contributed by atoms with E-state index in [-0.39, 0.29) is 22.8 Å². The van der Waals surface area contributed by atoms with E-state index in [1.165, 1.54) is 6.07 Å². The molecule has 0 bridgehead atoms. The number of carbonyl (C=O) groups excluding carboxylic acids is 1. The first-order valence-corrected chi connectivity index (χ1v) is 6.02. The summed E-state index contributed by atoms with van der Waals surface area (Å²) < 4.78 is 8.85. The molecule has 0 aliphatic carbocycles. The Morgan fingerprint density at radius 1 is 0.727 bits per heavy atom. The van der Waals surface area contributed by atoms with Crippen LogP contribution in [0.5, 0.6) is 11.5 Å². The molecular weight excluding hydrogens is 292 g/mol. The van der Waals surface area contributed by atoms with E-state index >= 15 is 0 Å². The molecule has 22 heavy (non-hydrogen) atoms. The lowest BCUT2D eigenvalue weighted by molar-refractivity contribution is 0.103. The van der Waals surface area contributed by atoms with Crippen LogP contribution in [0.3, 0.4) is 0 Å². The molecule has 0 amide bonds. The van der Waals surface area contributed by atoms with Crippen molar-refractivity contribution in [2.75, 3.05) is 0 Å². The van der Waals surface area contributed by atoms with Gasteiger partial charge < -0.3 is 19.7 Å². The van der Waals surface area contributed by atoms with Crippen molar-refractivity contribution in [2.45, 2.75) is 0 Å². The van der Waals surface area contributed by atoms with E-state index in [0.717, 1.165) is 12.1 Å². The molecule has 0 heterocycles. The van der Waals surface area contributed by atoms with Gasteiger partial charge in [-0.3, -0.25) is 4.79 Å². The number of carboxylic acid groups (broad SMARTS) is 2. The summed E-state index contributed by atoms with van der Waals surface area (Å²) in [7, 11) is 0. The smallest absolute Gasteiger partial charge is 0.449 e. The highest BCUT2D eigenvalue weighted by atomic mass is 16.7. The van der Waals surface area contributed by atoms with E-state index in [9.17, 15) is 14.4 Å². The Bertz CT molecular complexity index is 722. The van der Waals surface area contributed by atoms with Gasteiger partial charge >= 0.3 is 12.3 Å². The summed E-state index contributed by atoms with van der Waals surface area (Å²) in [6.45, 7) is 0. The molecule has 0 aliphatic rings. The minimum Gasteiger partial charge on any atom is -0.449 e. The largest absolute Gasteiger partial charge is 0.511 e. The van der Waals surface area contributed by atoms with Crippen molar-refractivity contribution in [3.63, 3.8) is 0 Å². The first kappa shape index (κ1) is 15.0. The molecule has 0 radical (unpaired) electrons. The van der Waals surface area contributed by atoms with E-state index in [0.29, 0.717) is 5.56 Å². The molecule has 0 fully saturated rings. The van der Waals surface area contributed by atoms with E-state index in [2.05, 4.69) is 9.47 Å². The van der Waals surface area contributed by atoms with Crippen LogP contribution in [0.1, 0.15) is 15.9 Å². The molecule has 2 aromatic rings. The van der Waals surface area contributed by atoms with E-state index in [1.807, 2.05) is 0 Å². The lowest BCUT2D eigenvalue weighted by atomic mass is 10.0. The van der Waals surface area contributed by atoms with Crippen LogP contribution in [0.15, 0.2) is 48.5 Å². The number of rotatable bonds is 4. The number of hydrogen-bond donors (Lipinski definition) is 2. The second kappa shape index (κ2) is 6.40. The molecule has 0 unspecified atom stereocenters. The molecule has 0 aliphatic heterocycles. The third-order valence-electron chi connectivity index (χ3n) is 2.64. The van der Waals surface area contributed by atoms with Crippen LogP contribution in [0, 0.1) is 0 Å². The Labute approximate surface area is 124 Å². The van der Waals surface area contributed by atoms with Crippen molar-refractivity contribution in [2.24, 2.45) is 0 Å². The highest BCUT2D eigenvalue weighted by Gasteiger charge is 2.17. The predicted molar refractivity (Wildman–Crippen MR) is 73.6 cm³/mol. The minimum atomic E-state index is -1.65. The molecule has 7 nitrogen and oxygen atoms in total. The fourth-order valence-corrected chi connectivity index (χ4v) is 1.76. The van der Waals surface area contributed by atoms with Gasteiger partial charge in [-0.2, -0.15) is 0 Å². The van der Waals surface area contributed by atoms with Gasteiger partial charge in [-0.25, -0.2) is 9.59 Å². The van der Waals surface area contributed by atoms with Crippen molar-refractivity contribution in [3.8, 4) is 11.5 Å². The van der Waals surface area contributed by atoms with Crippen LogP contribution in [0.4, 0.5) is 9.59 Å². The summed E-state index contributed by atoms with van der Waals surface area (Å²) in [5.74, 6) is -1.06. The highest BCUT2D eigenvalue weighted by Crippen LogP contribution is 2.29. The molecule has 0 spiro atoms. The van der Waals surface area contributed by atoms with Crippen LogP contribution < -0.4 is 9.47 Å². The summed E-state index contributed by atoms with van der Waals surface area (Å²) in [6.07, 6.45) is -3.28. The lowest BCUT2D eigenvalue weighted by Crippen LogP contribution is -2.10. The van der Waals surface area contributed by atoms with Crippen LogP contribution in [-0.2, 0) is 0 Å². The summed E-state index contributed by atoms with van der Waals surface area (Å²) in [4.78, 5) is 33.5. The molecule has 112 valence electrons. The van der Waals surface area contributed by atoms with Gasteiger partial charge in [-0.15, -0.1) is 0 Å². The second-order valence-electron chi connectivity index (χ2n) is 4.09. The molecule has 0 saturated heterocycles. The van der Waals surface area contributed by atoms with Gasteiger partial charge in [0.1, 0.15) is 0 Å². The van der Waals surface area contributed by atoms with Gasteiger partial charge in [0, 0.05) is 11.1 Å². The summed E-state index contributed by atoms with van der Waals surface area (Å²) >= 11 is 0. The normalized spacial score (nSPS) is 9.82. The maximum atomic E-state index is 12.3. The predicted octanol–water partition coefficient (Wildman–Crippen LogP) is 3.03. The van der Waals surface area contributed by atoms with E-state index < -0.39 is 12.3 Å². The number of ketones is 1. The summed E-state index contributed by atoms with van der Waals surface area (Å²) in [6, 6.07) is 11.9. The van der Waals surface area contributed by atoms with Crippen molar-refractivity contribution in [1.29, 1.82) is 0 Å². The molecule has 0 atom stereocenters. The van der Waals surface area contributed by atoms with Gasteiger partial charge in [0.2, 0.25) is 0 Å². The maximum absolute atomic E-state index is 12.3. The van der Waals surface area contributed by atoms with Crippen molar-refractivity contribution < 1.29 is 34.1 Å². The first-order chi connectivity index (χ1) is 10.5. The van der Waals surface area contributed by atoms with Gasteiger partial charge in [0.05, 0.1) is 0 Å². The average Bonchev–Trinajstić information content (AvgIpc) is 2.48. The maximum Gasteiger partial charge on any atom is 0.511 e. The summed E-state index contributed by atoms with van der Waals surface area (Å²) in [5.41, 5.74) is 0.538. The number of carbonyl (C=O) groups is 3. The van der Waals surface area contributed by atoms with Crippen molar-refractivity contribution in [1.82, 2.24) is 0 Å². The third kappa shape index (κ3) is 3.60. The van der Waals surface area contributed by atoms with Gasteiger partial charge in [-0.1, -0.05) is 30.3 Å². The first-order valence-electron chi connectivity index (χ1n) is 6.02. The second-order valence-corrected chi connectivity index (χ2v) is 4.09. The van der Waals surface area contributed by atoms with E-state index in [4.69, 9.17) is 10.2 Å². The highest BCUT2D eigenvalue weighted by molar-refractivity contribution is 6.09. The number of benzene rings is 2. The Hall–Kier alpha value is -3.35. The van der Waals surface area contributed by atoms with Crippen LogP contribution in [0.25, 0.3) is 0 Å². The fourth-order valence-electron chi connectivity index (χ4n) is 1.76. The molecule has 2 aromatic carbocycles. The van der Waals surface area contributed by atoms with Crippen LogP contribution in [-0.4, -0.2) is 28.3 Å². The summed E-state index contributed by atoms with van der Waals surface area (Å²) in [5, 5.41) is 17.3. The van der Waals surface area contributed by atoms with Gasteiger partial charge in [0.25, 0.3) is 0 Å². The zero-order valence-electron chi connectivity index (χ0n) is 11.1. The zero-order chi connectivity index (χ0) is 16.1. The van der Waals surface area contributed by atoms with Crippen molar-refractivity contribution in [3.05, 3.63) is 59.7 Å². The molecule has 2 N–H and O–H groups in total. The Morgan fingerprint density at radius 2 is 1.32 bits per heavy atom. The number of ether oxygens (including phenoxy) is 2. The average molecular weight is 302 g/mol. The quantitative estimate of drug-likeness (QED) is 0.507. The SMILES string of the molecule is O=C(O)Oc1ccc(C(=O)c2ccccc2)cc1OC(=O)O. The topological polar surface area (TPSA) is 110 Å². The fraction of sp³-hybridized carbons (Fsp3) is 0. The lowest BCUT2D eigenvalue weighted by Gasteiger charge is -2.08. The molecule has 0 aromatic heterocycles. The van der Waals surface area contributed by atoms with Gasteiger partial charge in [-0.05, 0) is 18.2 Å². The van der Waals surface area contributed by atoms with Crippen LogP contribution >= 0.6 is 0 Å². The Kier molecular flexibility index (Phi) is 4.38. The molecule has 2 rings (SSSR count).